The lowest BCUT2D eigenvalue weighted by molar-refractivity contribution is -0.312. The number of hydrogen-bond acceptors (Lipinski definition) is 11. The molecular formula is C46H51N3O10. The van der Waals surface area contributed by atoms with Gasteiger partial charge in [0.1, 0.15) is 60.8 Å². The quantitative estimate of drug-likeness (QED) is 0.0393. The molecule has 0 aromatic heterocycles. The van der Waals surface area contributed by atoms with Crippen LogP contribution in [0.25, 0.3) is 10.4 Å². The fourth-order valence-corrected chi connectivity index (χ4v) is 6.67. The predicted octanol–water partition coefficient (Wildman–Crippen LogP) is 7.19. The van der Waals surface area contributed by atoms with Crippen molar-refractivity contribution in [3.05, 3.63) is 178 Å². The summed E-state index contributed by atoms with van der Waals surface area (Å²) in [6, 6.07) is 44.2. The van der Waals surface area contributed by atoms with Gasteiger partial charge in [0.25, 0.3) is 0 Å². The maximum absolute atomic E-state index is 11.8. The van der Waals surface area contributed by atoms with Crippen LogP contribution in [0.15, 0.2) is 151 Å². The van der Waals surface area contributed by atoms with E-state index in [1.807, 2.05) is 121 Å². The Labute approximate surface area is 344 Å². The molecule has 0 aliphatic carbocycles. The summed E-state index contributed by atoms with van der Waals surface area (Å²) in [6.07, 6.45) is -7.59. The van der Waals surface area contributed by atoms with Crippen molar-refractivity contribution in [3.63, 3.8) is 0 Å². The van der Waals surface area contributed by atoms with Crippen LogP contribution in [-0.4, -0.2) is 86.1 Å². The lowest BCUT2D eigenvalue weighted by atomic mass is 9.96. The van der Waals surface area contributed by atoms with Gasteiger partial charge in [-0.1, -0.05) is 126 Å². The Kier molecular flexibility index (Phi) is 17.1. The summed E-state index contributed by atoms with van der Waals surface area (Å²) < 4.78 is 50.3. The van der Waals surface area contributed by atoms with Gasteiger partial charge in [-0.2, -0.15) is 0 Å². The van der Waals surface area contributed by atoms with Gasteiger partial charge in [0, 0.05) is 4.91 Å². The van der Waals surface area contributed by atoms with Crippen LogP contribution >= 0.6 is 0 Å². The van der Waals surface area contributed by atoms with Crippen molar-refractivity contribution in [2.75, 3.05) is 26.9 Å². The molecule has 1 aliphatic heterocycles. The molecular weight excluding hydrogens is 755 g/mol. The predicted molar refractivity (Wildman–Crippen MR) is 219 cm³/mol. The lowest BCUT2D eigenvalue weighted by Gasteiger charge is -2.46. The minimum Gasteiger partial charge on any atom is -0.497 e. The molecule has 2 N–H and O–H groups in total. The number of azide groups is 1. The molecule has 59 heavy (non-hydrogen) atoms. The smallest absolute Gasteiger partial charge is 0.169 e. The van der Waals surface area contributed by atoms with Crippen molar-refractivity contribution in [1.82, 2.24) is 0 Å². The van der Waals surface area contributed by atoms with Gasteiger partial charge < -0.3 is 48.1 Å². The van der Waals surface area contributed by atoms with E-state index in [0.717, 1.165) is 22.3 Å². The van der Waals surface area contributed by atoms with E-state index in [4.69, 9.17) is 37.9 Å². The van der Waals surface area contributed by atoms with Gasteiger partial charge in [-0.15, -0.1) is 0 Å². The summed E-state index contributed by atoms with van der Waals surface area (Å²) in [4.78, 5) is 3.20. The minimum absolute atomic E-state index is 0.0458. The van der Waals surface area contributed by atoms with Gasteiger partial charge in [0.05, 0.1) is 46.8 Å². The normalized spacial score (nSPS) is 20.5. The number of aliphatic hydroxyl groups excluding tert-OH is 2. The molecule has 5 aromatic rings. The summed E-state index contributed by atoms with van der Waals surface area (Å²) in [5, 5.41) is 26.8. The first-order valence-electron chi connectivity index (χ1n) is 19.5. The van der Waals surface area contributed by atoms with E-state index < -0.39 is 55.6 Å². The molecule has 8 atom stereocenters. The molecule has 1 aliphatic rings. The summed E-state index contributed by atoms with van der Waals surface area (Å²) in [6.45, 7) is 0.0175. The van der Waals surface area contributed by atoms with Crippen LogP contribution in [0.3, 0.4) is 0 Å². The van der Waals surface area contributed by atoms with E-state index in [-0.39, 0.29) is 39.6 Å². The average Bonchev–Trinajstić information content (AvgIpc) is 3.29. The molecule has 310 valence electrons. The fourth-order valence-electron chi connectivity index (χ4n) is 6.67. The van der Waals surface area contributed by atoms with Crippen molar-refractivity contribution in [1.29, 1.82) is 0 Å². The molecule has 0 bridgehead atoms. The monoisotopic (exact) mass is 805 g/mol. The van der Waals surface area contributed by atoms with E-state index in [9.17, 15) is 15.7 Å². The number of rotatable bonds is 23. The second-order valence-corrected chi connectivity index (χ2v) is 13.9. The molecule has 0 amide bonds. The number of nitrogens with zero attached hydrogens (tertiary/aromatic N) is 3. The van der Waals surface area contributed by atoms with Crippen LogP contribution < -0.4 is 9.47 Å². The molecule has 1 saturated heterocycles. The number of methoxy groups -OCH3 is 1. The highest BCUT2D eigenvalue weighted by Crippen LogP contribution is 2.33. The molecule has 1 fully saturated rings. The van der Waals surface area contributed by atoms with E-state index in [0.29, 0.717) is 11.5 Å². The van der Waals surface area contributed by atoms with Crippen LogP contribution in [-0.2, 0) is 54.8 Å². The van der Waals surface area contributed by atoms with Gasteiger partial charge in [0.2, 0.25) is 0 Å². The van der Waals surface area contributed by atoms with Gasteiger partial charge in [-0.25, -0.2) is 0 Å². The van der Waals surface area contributed by atoms with E-state index in [1.165, 1.54) is 0 Å². The Bertz CT molecular complexity index is 1960. The van der Waals surface area contributed by atoms with Crippen molar-refractivity contribution in [3.8, 4) is 11.5 Å². The average molecular weight is 806 g/mol. The summed E-state index contributed by atoms with van der Waals surface area (Å²) in [5.41, 5.74) is 13.6. The molecule has 0 radical (unpaired) electrons. The zero-order valence-electron chi connectivity index (χ0n) is 32.9. The zero-order valence-corrected chi connectivity index (χ0v) is 32.9. The van der Waals surface area contributed by atoms with Crippen molar-refractivity contribution in [2.24, 2.45) is 5.11 Å². The van der Waals surface area contributed by atoms with Gasteiger partial charge in [-0.3, -0.25) is 0 Å². The topological polar surface area (TPSA) is 163 Å². The first kappa shape index (κ1) is 43.3. The third kappa shape index (κ3) is 13.1. The molecule has 1 heterocycles. The highest BCUT2D eigenvalue weighted by Gasteiger charge is 2.50. The largest absolute Gasteiger partial charge is 0.497 e. The zero-order chi connectivity index (χ0) is 41.1. The molecule has 0 saturated carbocycles. The minimum atomic E-state index is -1.37. The number of ether oxygens (including phenoxy) is 8. The Hall–Kier alpha value is -5.31. The highest BCUT2D eigenvalue weighted by atomic mass is 16.7. The van der Waals surface area contributed by atoms with Crippen LogP contribution in [0.5, 0.6) is 11.5 Å². The highest BCUT2D eigenvalue weighted by molar-refractivity contribution is 5.31. The fraction of sp³-hybridized carbons (Fsp3) is 0.348. The molecule has 0 unspecified atom stereocenters. The van der Waals surface area contributed by atoms with Crippen LogP contribution in [0.4, 0.5) is 0 Å². The van der Waals surface area contributed by atoms with Gasteiger partial charge >= 0.3 is 0 Å². The Morgan fingerprint density at radius 2 is 1.19 bits per heavy atom. The molecule has 6 rings (SSSR count). The van der Waals surface area contributed by atoms with E-state index in [2.05, 4.69) is 10.0 Å². The van der Waals surface area contributed by atoms with Gasteiger partial charge in [-0.05, 0) is 52.1 Å². The molecule has 13 nitrogen and oxygen atoms in total. The maximum atomic E-state index is 11.8. The Morgan fingerprint density at radius 3 is 1.71 bits per heavy atom. The van der Waals surface area contributed by atoms with Crippen molar-refractivity contribution < 1.29 is 48.1 Å². The summed E-state index contributed by atoms with van der Waals surface area (Å²) >= 11 is 0. The molecule has 5 aromatic carbocycles. The van der Waals surface area contributed by atoms with Crippen molar-refractivity contribution in [2.45, 2.75) is 75.4 Å². The summed E-state index contributed by atoms with van der Waals surface area (Å²) in [7, 11) is 1.57. The number of hydrogen-bond donors (Lipinski definition) is 2. The third-order valence-corrected chi connectivity index (χ3v) is 9.77. The second kappa shape index (κ2) is 23.3. The second-order valence-electron chi connectivity index (χ2n) is 13.9. The number of aliphatic hydroxyl groups is 2. The third-order valence-electron chi connectivity index (χ3n) is 9.77. The first-order valence-corrected chi connectivity index (χ1v) is 19.5. The SMILES string of the molecule is COc1ccc(OC[C@@H](O)[C@@H](O[C@@H]2O[C@H](COCc3ccccc3)[C@@H](OCc3ccccc3)[C@H](OCc3ccccc3)[C@H]2N=[N+]=[N-])[C@H](CO)OCc2ccccc2)cc1. The Balaban J connectivity index is 1.32. The lowest BCUT2D eigenvalue weighted by Crippen LogP contribution is -2.62. The Morgan fingerprint density at radius 1 is 0.678 bits per heavy atom. The standard InChI is InChI=1S/C46H51N3O10/c1-52-37-22-24-38(25-23-37)54-31-39(51)43(40(26-50)55-28-34-16-8-3-9-17-34)59-46-42(48-49-47)45(57-30-36-20-12-5-13-21-36)44(56-29-35-18-10-4-11-19-35)41(58-46)32-53-27-33-14-6-2-7-15-33/h2-25,39-46,50-51H,26-32H2,1H3/t39-,40+,41-,42-,43-,44-,45-,46+/m1/s1. The van der Waals surface area contributed by atoms with Crippen LogP contribution in [0.1, 0.15) is 22.3 Å². The van der Waals surface area contributed by atoms with Gasteiger partial charge in [0.15, 0.2) is 6.29 Å². The van der Waals surface area contributed by atoms with Crippen LogP contribution in [0, 0.1) is 0 Å². The van der Waals surface area contributed by atoms with E-state index >= 15 is 0 Å². The van der Waals surface area contributed by atoms with Crippen molar-refractivity contribution >= 4 is 0 Å². The van der Waals surface area contributed by atoms with Crippen LogP contribution in [0.2, 0.25) is 0 Å². The summed E-state index contributed by atoms with van der Waals surface area (Å²) in [5.74, 6) is 1.11. The molecule has 13 heteroatoms. The first-order chi connectivity index (χ1) is 29.0. The molecule has 0 spiro atoms. The number of benzene rings is 5. The van der Waals surface area contributed by atoms with E-state index in [1.54, 1.807) is 31.4 Å². The maximum Gasteiger partial charge on any atom is 0.169 e.